The molecule has 0 aliphatic heterocycles. The van der Waals surface area contributed by atoms with Crippen LogP contribution in [0.3, 0.4) is 0 Å². The van der Waals surface area contributed by atoms with Gasteiger partial charge in [-0.05, 0) is 20.1 Å². The van der Waals surface area contributed by atoms with Crippen LogP contribution in [0.4, 0.5) is 10.7 Å². The van der Waals surface area contributed by atoms with E-state index < -0.39 is 0 Å². The van der Waals surface area contributed by atoms with Crippen LogP contribution in [0.1, 0.15) is 36.9 Å². The standard InChI is InChI=1S/C13H22N2O2S2/c1-5-9(16)11-10(14)12(18-4)13(19-11)15-6-7-17-8(2)3/h8,15H,5-7,14H2,1-4H3. The molecule has 6 heteroatoms. The van der Waals surface area contributed by atoms with Gasteiger partial charge in [-0.25, -0.2) is 0 Å². The molecule has 0 fully saturated rings. The van der Waals surface area contributed by atoms with Gasteiger partial charge in [-0.15, -0.1) is 23.1 Å². The highest BCUT2D eigenvalue weighted by Gasteiger charge is 2.19. The van der Waals surface area contributed by atoms with Crippen molar-refractivity contribution in [2.45, 2.75) is 38.2 Å². The van der Waals surface area contributed by atoms with Crippen LogP contribution in [0, 0.1) is 0 Å². The third-order valence-electron chi connectivity index (χ3n) is 2.52. The Balaban J connectivity index is 2.74. The number of ketones is 1. The Morgan fingerprint density at radius 3 is 2.74 bits per heavy atom. The van der Waals surface area contributed by atoms with E-state index in [1.807, 2.05) is 27.0 Å². The molecule has 0 radical (unpaired) electrons. The molecular formula is C13H22N2O2S2. The average Bonchev–Trinajstić information content (AvgIpc) is 2.70. The van der Waals surface area contributed by atoms with Crippen molar-refractivity contribution in [1.29, 1.82) is 0 Å². The Bertz CT molecular complexity index is 431. The number of nitrogen functional groups attached to an aromatic ring is 1. The van der Waals surface area contributed by atoms with Crippen LogP contribution >= 0.6 is 23.1 Å². The molecule has 0 aliphatic carbocycles. The number of rotatable bonds is 8. The molecule has 0 atom stereocenters. The molecule has 0 spiro atoms. The van der Waals surface area contributed by atoms with Crippen molar-refractivity contribution in [3.05, 3.63) is 4.88 Å². The van der Waals surface area contributed by atoms with E-state index in [1.165, 1.54) is 11.3 Å². The van der Waals surface area contributed by atoms with Gasteiger partial charge >= 0.3 is 0 Å². The maximum Gasteiger partial charge on any atom is 0.174 e. The second kappa shape index (κ2) is 7.77. The number of anilines is 2. The van der Waals surface area contributed by atoms with E-state index in [4.69, 9.17) is 10.5 Å². The Kier molecular flexibility index (Phi) is 6.68. The van der Waals surface area contributed by atoms with Gasteiger partial charge in [0.1, 0.15) is 5.00 Å². The van der Waals surface area contributed by atoms with Crippen molar-refractivity contribution < 1.29 is 9.53 Å². The predicted octanol–water partition coefficient (Wildman–Crippen LogP) is 3.48. The van der Waals surface area contributed by atoms with Gasteiger partial charge in [0.25, 0.3) is 0 Å². The van der Waals surface area contributed by atoms with E-state index in [1.54, 1.807) is 11.8 Å². The molecule has 0 saturated heterocycles. The van der Waals surface area contributed by atoms with Gasteiger partial charge in [0.15, 0.2) is 5.78 Å². The van der Waals surface area contributed by atoms with Crippen LogP contribution in [0.2, 0.25) is 0 Å². The summed E-state index contributed by atoms with van der Waals surface area (Å²) in [6.45, 7) is 7.22. The topological polar surface area (TPSA) is 64.3 Å². The van der Waals surface area contributed by atoms with E-state index >= 15 is 0 Å². The molecule has 1 aromatic rings. The molecule has 1 rings (SSSR count). The van der Waals surface area contributed by atoms with Crippen LogP contribution < -0.4 is 11.1 Å². The molecule has 1 heterocycles. The number of nitrogens with two attached hydrogens (primary N) is 1. The molecule has 0 amide bonds. The monoisotopic (exact) mass is 302 g/mol. The number of carbonyl (C=O) groups excluding carboxylic acids is 1. The Labute approximate surface area is 123 Å². The molecule has 4 nitrogen and oxygen atoms in total. The second-order valence-corrected chi connectivity index (χ2v) is 6.17. The van der Waals surface area contributed by atoms with Gasteiger partial charge in [0.05, 0.1) is 28.2 Å². The van der Waals surface area contributed by atoms with Crippen LogP contribution in [0.25, 0.3) is 0 Å². The molecule has 1 aromatic heterocycles. The number of thiophene rings is 1. The Morgan fingerprint density at radius 1 is 1.53 bits per heavy atom. The van der Waals surface area contributed by atoms with Crippen molar-refractivity contribution in [3.63, 3.8) is 0 Å². The molecule has 19 heavy (non-hydrogen) atoms. The summed E-state index contributed by atoms with van der Waals surface area (Å²) in [4.78, 5) is 13.4. The highest BCUT2D eigenvalue weighted by Crippen LogP contribution is 2.42. The zero-order chi connectivity index (χ0) is 14.4. The summed E-state index contributed by atoms with van der Waals surface area (Å²) >= 11 is 3.01. The fourth-order valence-corrected chi connectivity index (χ4v) is 3.65. The van der Waals surface area contributed by atoms with Crippen LogP contribution in [0.15, 0.2) is 4.90 Å². The first-order valence-corrected chi connectivity index (χ1v) is 8.40. The minimum Gasteiger partial charge on any atom is -0.396 e. The molecule has 0 aromatic carbocycles. The number of nitrogens with one attached hydrogen (secondary N) is 1. The molecule has 0 bridgehead atoms. The van der Waals surface area contributed by atoms with Crippen LogP contribution in [-0.2, 0) is 4.74 Å². The van der Waals surface area contributed by atoms with Gasteiger partial charge in [-0.3, -0.25) is 4.79 Å². The van der Waals surface area contributed by atoms with Crippen molar-refractivity contribution in [3.8, 4) is 0 Å². The lowest BCUT2D eigenvalue weighted by Gasteiger charge is -2.09. The largest absolute Gasteiger partial charge is 0.396 e. The van der Waals surface area contributed by atoms with Crippen molar-refractivity contribution in [1.82, 2.24) is 0 Å². The summed E-state index contributed by atoms with van der Waals surface area (Å²) in [5.41, 5.74) is 6.65. The molecular weight excluding hydrogens is 280 g/mol. The minimum atomic E-state index is 0.101. The Hall–Kier alpha value is -0.720. The molecule has 0 saturated carbocycles. The van der Waals surface area contributed by atoms with Gasteiger partial charge in [0, 0.05) is 13.0 Å². The first kappa shape index (κ1) is 16.3. The van der Waals surface area contributed by atoms with Crippen LogP contribution in [-0.4, -0.2) is 31.3 Å². The predicted molar refractivity (Wildman–Crippen MR) is 84.7 cm³/mol. The van der Waals surface area contributed by atoms with Crippen molar-refractivity contribution in [2.24, 2.45) is 0 Å². The summed E-state index contributed by atoms with van der Waals surface area (Å²) in [5, 5.41) is 4.27. The molecule has 3 N–H and O–H groups in total. The number of hydrogen-bond acceptors (Lipinski definition) is 6. The van der Waals surface area contributed by atoms with Gasteiger partial charge in [-0.1, -0.05) is 6.92 Å². The van der Waals surface area contributed by atoms with E-state index in [0.29, 0.717) is 30.1 Å². The SMILES string of the molecule is CCC(=O)c1sc(NCCOC(C)C)c(SC)c1N. The van der Waals surface area contributed by atoms with Gasteiger partial charge < -0.3 is 15.8 Å². The average molecular weight is 302 g/mol. The highest BCUT2D eigenvalue weighted by atomic mass is 32.2. The lowest BCUT2D eigenvalue weighted by Crippen LogP contribution is -2.12. The summed E-state index contributed by atoms with van der Waals surface area (Å²) in [7, 11) is 0. The molecule has 0 aliphatic rings. The summed E-state index contributed by atoms with van der Waals surface area (Å²) in [5.74, 6) is 0.101. The Morgan fingerprint density at radius 2 is 2.21 bits per heavy atom. The normalized spacial score (nSPS) is 11.0. The second-order valence-electron chi connectivity index (χ2n) is 4.33. The molecule has 108 valence electrons. The smallest absolute Gasteiger partial charge is 0.174 e. The summed E-state index contributed by atoms with van der Waals surface area (Å²) in [6.07, 6.45) is 2.68. The summed E-state index contributed by atoms with van der Waals surface area (Å²) < 4.78 is 5.48. The van der Waals surface area contributed by atoms with E-state index in [0.717, 1.165) is 9.90 Å². The molecule has 0 unspecified atom stereocenters. The zero-order valence-electron chi connectivity index (χ0n) is 11.9. The van der Waals surface area contributed by atoms with Crippen molar-refractivity contribution in [2.75, 3.05) is 30.5 Å². The third-order valence-corrected chi connectivity index (χ3v) is 4.68. The fraction of sp³-hybridized carbons (Fsp3) is 0.615. The van der Waals surface area contributed by atoms with E-state index in [2.05, 4.69) is 5.32 Å². The summed E-state index contributed by atoms with van der Waals surface area (Å²) in [6, 6.07) is 0. The lowest BCUT2D eigenvalue weighted by molar-refractivity contribution is 0.0870. The van der Waals surface area contributed by atoms with E-state index in [-0.39, 0.29) is 11.9 Å². The number of hydrogen-bond donors (Lipinski definition) is 2. The lowest BCUT2D eigenvalue weighted by atomic mass is 10.2. The van der Waals surface area contributed by atoms with Gasteiger partial charge in [0.2, 0.25) is 0 Å². The van der Waals surface area contributed by atoms with Gasteiger partial charge in [-0.2, -0.15) is 0 Å². The number of thioether (sulfide) groups is 1. The fourth-order valence-electron chi connectivity index (χ4n) is 1.57. The van der Waals surface area contributed by atoms with Crippen LogP contribution in [0.5, 0.6) is 0 Å². The first-order chi connectivity index (χ1) is 9.01. The highest BCUT2D eigenvalue weighted by molar-refractivity contribution is 7.99. The first-order valence-electron chi connectivity index (χ1n) is 6.36. The quantitative estimate of drug-likeness (QED) is 0.437. The third kappa shape index (κ3) is 4.40. The zero-order valence-corrected chi connectivity index (χ0v) is 13.5. The van der Waals surface area contributed by atoms with Crippen molar-refractivity contribution >= 4 is 39.6 Å². The number of ether oxygens (including phenoxy) is 1. The van der Waals surface area contributed by atoms with E-state index in [9.17, 15) is 4.79 Å². The minimum absolute atomic E-state index is 0.101. The maximum atomic E-state index is 11.8. The number of Topliss-reactive ketones (excluding diaryl/α,β-unsaturated/α-hetero) is 1. The number of carbonyl (C=O) groups is 1. The maximum absolute atomic E-state index is 11.8.